The van der Waals surface area contributed by atoms with Crippen LogP contribution in [-0.4, -0.2) is 12.7 Å². The second-order valence-corrected chi connectivity index (χ2v) is 4.34. The molecule has 0 radical (unpaired) electrons. The molecule has 0 aromatic heterocycles. The Labute approximate surface area is 82.9 Å². The van der Waals surface area contributed by atoms with Crippen molar-refractivity contribution in [2.24, 2.45) is 11.8 Å². The van der Waals surface area contributed by atoms with Crippen molar-refractivity contribution in [1.29, 1.82) is 0 Å². The van der Waals surface area contributed by atoms with Crippen LogP contribution >= 0.6 is 0 Å². The Hall–Kier alpha value is -0.0400. The molecule has 1 aliphatic heterocycles. The van der Waals surface area contributed by atoms with Gasteiger partial charge < -0.3 is 4.74 Å². The summed E-state index contributed by atoms with van der Waals surface area (Å²) >= 11 is 0. The van der Waals surface area contributed by atoms with Crippen molar-refractivity contribution in [3.05, 3.63) is 0 Å². The summed E-state index contributed by atoms with van der Waals surface area (Å²) in [5.41, 5.74) is 0. The van der Waals surface area contributed by atoms with Crippen LogP contribution in [0.25, 0.3) is 0 Å². The number of rotatable bonds is 4. The molecule has 0 aromatic carbocycles. The highest BCUT2D eigenvalue weighted by molar-refractivity contribution is 4.77. The van der Waals surface area contributed by atoms with Crippen molar-refractivity contribution in [2.45, 2.75) is 59.0 Å². The van der Waals surface area contributed by atoms with Gasteiger partial charge in [0.25, 0.3) is 0 Å². The molecule has 1 aliphatic rings. The minimum Gasteiger partial charge on any atom is -0.378 e. The molecule has 1 heteroatoms. The van der Waals surface area contributed by atoms with Gasteiger partial charge in [-0.2, -0.15) is 0 Å². The number of hydrogen-bond donors (Lipinski definition) is 0. The smallest absolute Gasteiger partial charge is 0.0603 e. The molecule has 78 valence electrons. The average molecular weight is 184 g/mol. The average Bonchev–Trinajstić information content (AvgIpc) is 2.19. The third kappa shape index (κ3) is 2.98. The molecule has 1 rings (SSSR count). The van der Waals surface area contributed by atoms with Gasteiger partial charge in [-0.1, -0.05) is 40.0 Å². The molecule has 0 aliphatic carbocycles. The molecule has 1 fully saturated rings. The summed E-state index contributed by atoms with van der Waals surface area (Å²) in [7, 11) is 0. The second-order valence-electron chi connectivity index (χ2n) is 4.34. The van der Waals surface area contributed by atoms with Crippen LogP contribution in [0.1, 0.15) is 52.9 Å². The maximum absolute atomic E-state index is 5.93. The van der Waals surface area contributed by atoms with Gasteiger partial charge in [0.2, 0.25) is 0 Å². The highest BCUT2D eigenvalue weighted by Crippen LogP contribution is 2.31. The van der Waals surface area contributed by atoms with Crippen molar-refractivity contribution in [3.8, 4) is 0 Å². The maximum Gasteiger partial charge on any atom is 0.0603 e. The molecule has 1 heterocycles. The highest BCUT2D eigenvalue weighted by atomic mass is 16.5. The summed E-state index contributed by atoms with van der Waals surface area (Å²) in [6.07, 6.45) is 7.07. The van der Waals surface area contributed by atoms with E-state index in [-0.39, 0.29) is 0 Å². The van der Waals surface area contributed by atoms with Gasteiger partial charge in [-0.15, -0.1) is 0 Å². The number of ether oxygens (including phenoxy) is 1. The first-order valence-corrected chi connectivity index (χ1v) is 5.93. The van der Waals surface area contributed by atoms with E-state index in [4.69, 9.17) is 4.74 Å². The van der Waals surface area contributed by atoms with E-state index in [9.17, 15) is 0 Å². The first-order chi connectivity index (χ1) is 6.31. The first kappa shape index (κ1) is 11.0. The van der Waals surface area contributed by atoms with Gasteiger partial charge in [0.05, 0.1) is 6.10 Å². The molecule has 0 amide bonds. The van der Waals surface area contributed by atoms with Crippen LogP contribution in [0.15, 0.2) is 0 Å². The molecule has 0 bridgehead atoms. The largest absolute Gasteiger partial charge is 0.378 e. The van der Waals surface area contributed by atoms with Crippen molar-refractivity contribution >= 4 is 0 Å². The summed E-state index contributed by atoms with van der Waals surface area (Å²) < 4.78 is 5.93. The summed E-state index contributed by atoms with van der Waals surface area (Å²) in [4.78, 5) is 0. The summed E-state index contributed by atoms with van der Waals surface area (Å²) in [6.45, 7) is 7.84. The van der Waals surface area contributed by atoms with E-state index < -0.39 is 0 Å². The Morgan fingerprint density at radius 3 is 2.46 bits per heavy atom. The van der Waals surface area contributed by atoms with Crippen molar-refractivity contribution in [3.63, 3.8) is 0 Å². The van der Waals surface area contributed by atoms with Gasteiger partial charge in [0, 0.05) is 6.61 Å². The molecule has 1 nitrogen and oxygen atoms in total. The van der Waals surface area contributed by atoms with Crippen LogP contribution in [0.4, 0.5) is 0 Å². The molecule has 0 aromatic rings. The van der Waals surface area contributed by atoms with Gasteiger partial charge in [-0.25, -0.2) is 0 Å². The van der Waals surface area contributed by atoms with Crippen molar-refractivity contribution in [2.75, 3.05) is 6.61 Å². The van der Waals surface area contributed by atoms with Crippen LogP contribution < -0.4 is 0 Å². The van der Waals surface area contributed by atoms with Gasteiger partial charge in [-0.05, 0) is 24.7 Å². The van der Waals surface area contributed by atoms with Crippen LogP contribution in [0, 0.1) is 11.8 Å². The third-order valence-corrected chi connectivity index (χ3v) is 3.38. The predicted molar refractivity (Wildman–Crippen MR) is 56.8 cm³/mol. The molecular formula is C12H24O. The molecule has 0 N–H and O–H groups in total. The minimum absolute atomic E-state index is 0.567. The maximum atomic E-state index is 5.93. The van der Waals surface area contributed by atoms with Gasteiger partial charge in [0.15, 0.2) is 0 Å². The first-order valence-electron chi connectivity index (χ1n) is 5.93. The summed E-state index contributed by atoms with van der Waals surface area (Å²) in [5, 5.41) is 0. The Kier molecular flexibility index (Phi) is 4.79. The molecule has 1 saturated heterocycles. The highest BCUT2D eigenvalue weighted by Gasteiger charge is 2.28. The van der Waals surface area contributed by atoms with E-state index in [1.54, 1.807) is 0 Å². The Balaban J connectivity index is 2.40. The second kappa shape index (κ2) is 5.64. The Morgan fingerprint density at radius 2 is 1.92 bits per heavy atom. The van der Waals surface area contributed by atoms with Crippen LogP contribution in [0.3, 0.4) is 0 Å². The van der Waals surface area contributed by atoms with Crippen molar-refractivity contribution < 1.29 is 4.74 Å². The lowest BCUT2D eigenvalue weighted by molar-refractivity contribution is -0.0618. The van der Waals surface area contributed by atoms with E-state index in [2.05, 4.69) is 20.8 Å². The fourth-order valence-corrected chi connectivity index (χ4v) is 2.36. The standard InChI is InChI=1S/C12H24O/c1-4-7-12-11(6-3)8-10(5-2)9-13-12/h10-12H,4-9H2,1-3H3/t10-,11-,12+/m1/s1. The predicted octanol–water partition coefficient (Wildman–Crippen LogP) is 3.63. The SMILES string of the molecule is CCC[C@@H]1OC[C@H](CC)C[C@H]1CC. The molecule has 0 saturated carbocycles. The van der Waals surface area contributed by atoms with Crippen LogP contribution in [0.5, 0.6) is 0 Å². The summed E-state index contributed by atoms with van der Waals surface area (Å²) in [6, 6.07) is 0. The Bertz CT molecular complexity index is 133. The monoisotopic (exact) mass is 184 g/mol. The van der Waals surface area contributed by atoms with Gasteiger partial charge >= 0.3 is 0 Å². The van der Waals surface area contributed by atoms with E-state index in [1.165, 1.54) is 32.1 Å². The van der Waals surface area contributed by atoms with E-state index in [1.807, 2.05) is 0 Å². The quantitative estimate of drug-likeness (QED) is 0.648. The topological polar surface area (TPSA) is 9.23 Å². The summed E-state index contributed by atoms with van der Waals surface area (Å²) in [5.74, 6) is 1.66. The Morgan fingerprint density at radius 1 is 1.15 bits per heavy atom. The van der Waals surface area contributed by atoms with Crippen LogP contribution in [-0.2, 0) is 4.74 Å². The zero-order chi connectivity index (χ0) is 9.68. The van der Waals surface area contributed by atoms with E-state index >= 15 is 0 Å². The zero-order valence-electron chi connectivity index (χ0n) is 9.38. The normalized spacial score (nSPS) is 34.8. The lowest BCUT2D eigenvalue weighted by Crippen LogP contribution is -2.34. The molecule has 3 atom stereocenters. The molecule has 0 spiro atoms. The fourth-order valence-electron chi connectivity index (χ4n) is 2.36. The van der Waals surface area contributed by atoms with E-state index in [0.29, 0.717) is 6.10 Å². The van der Waals surface area contributed by atoms with E-state index in [0.717, 1.165) is 18.4 Å². The minimum atomic E-state index is 0.567. The lowest BCUT2D eigenvalue weighted by atomic mass is 9.83. The van der Waals surface area contributed by atoms with Gasteiger partial charge in [-0.3, -0.25) is 0 Å². The zero-order valence-corrected chi connectivity index (χ0v) is 9.38. The molecule has 13 heavy (non-hydrogen) atoms. The third-order valence-electron chi connectivity index (χ3n) is 3.38. The van der Waals surface area contributed by atoms with Gasteiger partial charge in [0.1, 0.15) is 0 Å². The van der Waals surface area contributed by atoms with Crippen molar-refractivity contribution in [1.82, 2.24) is 0 Å². The molecular weight excluding hydrogens is 160 g/mol. The lowest BCUT2D eigenvalue weighted by Gasteiger charge is -2.35. The fraction of sp³-hybridized carbons (Fsp3) is 1.00. The number of hydrogen-bond acceptors (Lipinski definition) is 1. The molecule has 0 unspecified atom stereocenters. The van der Waals surface area contributed by atoms with Crippen LogP contribution in [0.2, 0.25) is 0 Å².